The molecule has 1 aliphatic rings. The third-order valence-electron chi connectivity index (χ3n) is 3.94. The van der Waals surface area contributed by atoms with Gasteiger partial charge in [0.1, 0.15) is 0 Å². The third-order valence-corrected chi connectivity index (χ3v) is 3.94. The summed E-state index contributed by atoms with van der Waals surface area (Å²) in [6, 6.07) is 0. The summed E-state index contributed by atoms with van der Waals surface area (Å²) in [6.07, 6.45) is 5.38. The summed E-state index contributed by atoms with van der Waals surface area (Å²) < 4.78 is 5.06. The Morgan fingerprint density at radius 3 is 2.47 bits per heavy atom. The number of carbonyl (C=O) groups excluding carboxylic acids is 1. The molecule has 1 amide bonds. The van der Waals surface area contributed by atoms with Gasteiger partial charge in [-0.2, -0.15) is 0 Å². The summed E-state index contributed by atoms with van der Waals surface area (Å²) in [5.41, 5.74) is 5.48. The van der Waals surface area contributed by atoms with E-state index in [-0.39, 0.29) is 5.41 Å². The summed E-state index contributed by atoms with van der Waals surface area (Å²) in [6.45, 7) is 4.54. The number of hydrogen-bond acceptors (Lipinski definition) is 3. The molecule has 1 saturated carbocycles. The first-order valence-corrected chi connectivity index (χ1v) is 6.68. The van der Waals surface area contributed by atoms with Gasteiger partial charge < -0.3 is 15.4 Å². The Morgan fingerprint density at radius 2 is 2.00 bits per heavy atom. The Kier molecular flexibility index (Phi) is 5.92. The molecule has 0 unspecified atom stereocenters. The standard InChI is InChI=1S/C13H26N2O2/c1-3-13(6-4-5-7-13)12(16)15(9-8-14)10-11-17-2/h3-11,14H2,1-2H3. The van der Waals surface area contributed by atoms with Gasteiger partial charge in [-0.1, -0.05) is 19.8 Å². The van der Waals surface area contributed by atoms with E-state index in [9.17, 15) is 4.79 Å². The van der Waals surface area contributed by atoms with Gasteiger partial charge >= 0.3 is 0 Å². The maximum atomic E-state index is 12.6. The van der Waals surface area contributed by atoms with Crippen LogP contribution in [0.5, 0.6) is 0 Å². The molecule has 0 heterocycles. The van der Waals surface area contributed by atoms with Gasteiger partial charge in [0.05, 0.1) is 6.61 Å². The average molecular weight is 242 g/mol. The Balaban J connectivity index is 2.67. The van der Waals surface area contributed by atoms with Crippen molar-refractivity contribution in [3.63, 3.8) is 0 Å². The molecule has 0 bridgehead atoms. The molecule has 4 nitrogen and oxygen atoms in total. The molecule has 0 aromatic rings. The first-order chi connectivity index (χ1) is 8.20. The van der Waals surface area contributed by atoms with Crippen molar-refractivity contribution in [2.75, 3.05) is 33.4 Å². The van der Waals surface area contributed by atoms with Gasteiger partial charge in [-0.05, 0) is 19.3 Å². The second-order valence-electron chi connectivity index (χ2n) is 4.91. The first kappa shape index (κ1) is 14.5. The Bertz CT molecular complexity index is 238. The van der Waals surface area contributed by atoms with Crippen LogP contribution in [-0.4, -0.2) is 44.2 Å². The van der Waals surface area contributed by atoms with E-state index in [1.165, 1.54) is 12.8 Å². The molecule has 1 fully saturated rings. The van der Waals surface area contributed by atoms with Crippen LogP contribution in [-0.2, 0) is 9.53 Å². The second-order valence-corrected chi connectivity index (χ2v) is 4.91. The van der Waals surface area contributed by atoms with E-state index in [4.69, 9.17) is 10.5 Å². The average Bonchev–Trinajstić information content (AvgIpc) is 2.83. The number of rotatable bonds is 7. The van der Waals surface area contributed by atoms with Crippen molar-refractivity contribution in [2.45, 2.75) is 39.0 Å². The van der Waals surface area contributed by atoms with Crippen LogP contribution in [0, 0.1) is 5.41 Å². The zero-order valence-corrected chi connectivity index (χ0v) is 11.2. The van der Waals surface area contributed by atoms with Gasteiger partial charge in [-0.3, -0.25) is 4.79 Å². The molecular formula is C13H26N2O2. The topological polar surface area (TPSA) is 55.6 Å². The number of nitrogens with two attached hydrogens (primary N) is 1. The van der Waals surface area contributed by atoms with Crippen molar-refractivity contribution < 1.29 is 9.53 Å². The minimum atomic E-state index is -0.108. The largest absolute Gasteiger partial charge is 0.383 e. The molecule has 100 valence electrons. The second kappa shape index (κ2) is 6.97. The molecule has 0 atom stereocenters. The summed E-state index contributed by atoms with van der Waals surface area (Å²) in [7, 11) is 1.66. The molecule has 4 heteroatoms. The lowest BCUT2D eigenvalue weighted by Gasteiger charge is -2.33. The molecule has 0 saturated heterocycles. The van der Waals surface area contributed by atoms with Crippen LogP contribution in [0.25, 0.3) is 0 Å². The molecule has 0 spiro atoms. The number of nitrogens with zero attached hydrogens (tertiary/aromatic N) is 1. The summed E-state index contributed by atoms with van der Waals surface area (Å²) in [5.74, 6) is 0.292. The number of ether oxygens (including phenoxy) is 1. The van der Waals surface area contributed by atoms with E-state index in [0.29, 0.717) is 32.1 Å². The van der Waals surface area contributed by atoms with E-state index >= 15 is 0 Å². The maximum absolute atomic E-state index is 12.6. The minimum Gasteiger partial charge on any atom is -0.383 e. The van der Waals surface area contributed by atoms with E-state index in [1.807, 2.05) is 4.90 Å². The summed E-state index contributed by atoms with van der Waals surface area (Å²) in [5, 5.41) is 0. The first-order valence-electron chi connectivity index (χ1n) is 6.68. The quantitative estimate of drug-likeness (QED) is 0.734. The van der Waals surface area contributed by atoms with Gasteiger partial charge in [-0.25, -0.2) is 0 Å². The molecule has 0 aromatic heterocycles. The summed E-state index contributed by atoms with van der Waals surface area (Å²) >= 11 is 0. The molecule has 0 aromatic carbocycles. The smallest absolute Gasteiger partial charge is 0.228 e. The van der Waals surface area contributed by atoms with Crippen molar-refractivity contribution in [3.05, 3.63) is 0 Å². The van der Waals surface area contributed by atoms with Crippen molar-refractivity contribution >= 4 is 5.91 Å². The van der Waals surface area contributed by atoms with E-state index < -0.39 is 0 Å². The predicted octanol–water partition coefficient (Wildman–Crippen LogP) is 1.39. The fourth-order valence-electron chi connectivity index (χ4n) is 2.78. The highest BCUT2D eigenvalue weighted by molar-refractivity contribution is 5.83. The molecule has 0 radical (unpaired) electrons. The number of carbonyl (C=O) groups is 1. The lowest BCUT2D eigenvalue weighted by atomic mass is 9.82. The van der Waals surface area contributed by atoms with Crippen molar-refractivity contribution in [1.29, 1.82) is 0 Å². The van der Waals surface area contributed by atoms with Gasteiger partial charge in [0.15, 0.2) is 0 Å². The normalized spacial score (nSPS) is 18.3. The van der Waals surface area contributed by atoms with Crippen LogP contribution < -0.4 is 5.73 Å². The van der Waals surface area contributed by atoms with Crippen LogP contribution in [0.4, 0.5) is 0 Å². The predicted molar refractivity (Wildman–Crippen MR) is 68.7 cm³/mol. The maximum Gasteiger partial charge on any atom is 0.228 e. The fourth-order valence-corrected chi connectivity index (χ4v) is 2.78. The highest BCUT2D eigenvalue weighted by atomic mass is 16.5. The van der Waals surface area contributed by atoms with Gasteiger partial charge in [-0.15, -0.1) is 0 Å². The van der Waals surface area contributed by atoms with Crippen LogP contribution in [0.2, 0.25) is 0 Å². The molecule has 0 aliphatic heterocycles. The van der Waals surface area contributed by atoms with Crippen molar-refractivity contribution in [1.82, 2.24) is 4.90 Å². The molecule has 1 aliphatic carbocycles. The lowest BCUT2D eigenvalue weighted by Crippen LogP contribution is -2.45. The number of hydrogen-bond donors (Lipinski definition) is 1. The molecule has 1 rings (SSSR count). The van der Waals surface area contributed by atoms with Gasteiger partial charge in [0, 0.05) is 32.2 Å². The van der Waals surface area contributed by atoms with Crippen LogP contribution in [0.15, 0.2) is 0 Å². The molecule has 17 heavy (non-hydrogen) atoms. The van der Waals surface area contributed by atoms with E-state index in [0.717, 1.165) is 19.3 Å². The van der Waals surface area contributed by atoms with Gasteiger partial charge in [0.25, 0.3) is 0 Å². The van der Waals surface area contributed by atoms with Crippen LogP contribution >= 0.6 is 0 Å². The minimum absolute atomic E-state index is 0.108. The zero-order chi connectivity index (χ0) is 12.7. The Labute approximate surface area is 104 Å². The lowest BCUT2D eigenvalue weighted by molar-refractivity contribution is -0.142. The fraction of sp³-hybridized carbons (Fsp3) is 0.923. The molecular weight excluding hydrogens is 216 g/mol. The van der Waals surface area contributed by atoms with Gasteiger partial charge in [0.2, 0.25) is 5.91 Å². The highest BCUT2D eigenvalue weighted by Gasteiger charge is 2.41. The molecule has 2 N–H and O–H groups in total. The van der Waals surface area contributed by atoms with Crippen LogP contribution in [0.3, 0.4) is 0 Å². The summed E-state index contributed by atoms with van der Waals surface area (Å²) in [4.78, 5) is 14.5. The van der Waals surface area contributed by atoms with Crippen LogP contribution in [0.1, 0.15) is 39.0 Å². The monoisotopic (exact) mass is 242 g/mol. The Morgan fingerprint density at radius 1 is 1.35 bits per heavy atom. The highest BCUT2D eigenvalue weighted by Crippen LogP contribution is 2.42. The van der Waals surface area contributed by atoms with E-state index in [1.54, 1.807) is 7.11 Å². The van der Waals surface area contributed by atoms with Crippen molar-refractivity contribution in [3.8, 4) is 0 Å². The van der Waals surface area contributed by atoms with Crippen molar-refractivity contribution in [2.24, 2.45) is 11.1 Å². The number of methoxy groups -OCH3 is 1. The third kappa shape index (κ3) is 3.42. The Hall–Kier alpha value is -0.610. The van der Waals surface area contributed by atoms with E-state index in [2.05, 4.69) is 6.92 Å². The zero-order valence-electron chi connectivity index (χ0n) is 11.2. The number of amides is 1. The SMILES string of the molecule is CCC1(C(=O)N(CCN)CCOC)CCCC1.